The summed E-state index contributed by atoms with van der Waals surface area (Å²) in [7, 11) is 0. The number of amides is 1. The van der Waals surface area contributed by atoms with E-state index in [1.165, 1.54) is 12.1 Å². The Hall–Kier alpha value is -1.49. The first kappa shape index (κ1) is 15.6. The molecule has 2 N–H and O–H groups in total. The summed E-state index contributed by atoms with van der Waals surface area (Å²) < 4.78 is 25.8. The van der Waals surface area contributed by atoms with Crippen molar-refractivity contribution >= 4 is 5.91 Å². The largest absolute Gasteiger partial charge is 0.356 e. The molecule has 0 radical (unpaired) electrons. The molecule has 0 aliphatic heterocycles. The van der Waals surface area contributed by atoms with Crippen molar-refractivity contribution in [3.8, 4) is 0 Å². The van der Waals surface area contributed by atoms with Gasteiger partial charge < -0.3 is 10.6 Å². The van der Waals surface area contributed by atoms with Gasteiger partial charge in [0.05, 0.1) is 0 Å². The third-order valence-corrected chi connectivity index (χ3v) is 2.56. The van der Waals surface area contributed by atoms with Gasteiger partial charge in [0.2, 0.25) is 5.91 Å². The van der Waals surface area contributed by atoms with E-state index in [1.807, 2.05) is 13.8 Å². The zero-order valence-corrected chi connectivity index (χ0v) is 11.3. The first-order valence-corrected chi connectivity index (χ1v) is 6.42. The van der Waals surface area contributed by atoms with Crippen molar-refractivity contribution in [1.82, 2.24) is 10.6 Å². The van der Waals surface area contributed by atoms with E-state index >= 15 is 0 Å². The minimum Gasteiger partial charge on any atom is -0.356 e. The normalized spacial score (nSPS) is 10.8. The second-order valence-corrected chi connectivity index (χ2v) is 4.74. The Bertz CT molecular complexity index is 402. The zero-order chi connectivity index (χ0) is 14.3. The minimum absolute atomic E-state index is 0.0648. The van der Waals surface area contributed by atoms with Crippen LogP contribution in [0.5, 0.6) is 0 Å². The highest BCUT2D eigenvalue weighted by Gasteiger charge is 2.03. The number of hydrogen-bond acceptors (Lipinski definition) is 2. The summed E-state index contributed by atoms with van der Waals surface area (Å²) in [6.07, 6.45) is 0.813. The molecule has 0 bridgehead atoms. The molecule has 0 saturated heterocycles. The Kier molecular flexibility index (Phi) is 6.42. The summed E-state index contributed by atoms with van der Waals surface area (Å²) in [4.78, 5) is 11.4. The van der Waals surface area contributed by atoms with Gasteiger partial charge in [0.1, 0.15) is 11.6 Å². The van der Waals surface area contributed by atoms with Gasteiger partial charge in [-0.2, -0.15) is 0 Å². The van der Waals surface area contributed by atoms with Gasteiger partial charge >= 0.3 is 0 Å². The second kappa shape index (κ2) is 7.84. The predicted octanol–water partition coefficient (Wildman–Crippen LogP) is 2.01. The van der Waals surface area contributed by atoms with Gasteiger partial charge in [-0.15, -0.1) is 0 Å². The molecule has 0 fully saturated rings. The Morgan fingerprint density at radius 2 is 1.79 bits per heavy atom. The third kappa shape index (κ3) is 6.86. The van der Waals surface area contributed by atoms with Crippen LogP contribution in [0.15, 0.2) is 18.2 Å². The van der Waals surface area contributed by atoms with E-state index in [-0.39, 0.29) is 5.91 Å². The number of rotatable bonds is 7. The monoisotopic (exact) mass is 270 g/mol. The molecule has 5 heteroatoms. The van der Waals surface area contributed by atoms with Crippen LogP contribution in [0.25, 0.3) is 0 Å². The van der Waals surface area contributed by atoms with Crippen LogP contribution in [0.4, 0.5) is 8.78 Å². The quantitative estimate of drug-likeness (QED) is 0.796. The molecule has 1 rings (SSSR count). The molecule has 0 aliphatic carbocycles. The SMILES string of the molecule is CC(C)NCCC(=O)NCCc1cc(F)cc(F)c1. The molecule has 0 saturated carbocycles. The van der Waals surface area contributed by atoms with Crippen molar-refractivity contribution in [2.24, 2.45) is 0 Å². The fourth-order valence-electron chi connectivity index (χ4n) is 1.66. The van der Waals surface area contributed by atoms with Gasteiger partial charge in [-0.1, -0.05) is 13.8 Å². The van der Waals surface area contributed by atoms with Gasteiger partial charge in [0.25, 0.3) is 0 Å². The van der Waals surface area contributed by atoms with Crippen molar-refractivity contribution < 1.29 is 13.6 Å². The van der Waals surface area contributed by atoms with Crippen LogP contribution in [-0.4, -0.2) is 25.0 Å². The van der Waals surface area contributed by atoms with Crippen molar-refractivity contribution in [2.75, 3.05) is 13.1 Å². The predicted molar refractivity (Wildman–Crippen MR) is 70.8 cm³/mol. The molecule has 106 valence electrons. The van der Waals surface area contributed by atoms with E-state index in [2.05, 4.69) is 10.6 Å². The van der Waals surface area contributed by atoms with Crippen molar-refractivity contribution in [3.63, 3.8) is 0 Å². The van der Waals surface area contributed by atoms with Crippen LogP contribution in [0.3, 0.4) is 0 Å². The lowest BCUT2D eigenvalue weighted by molar-refractivity contribution is -0.120. The van der Waals surface area contributed by atoms with Gasteiger partial charge in [-0.05, 0) is 24.1 Å². The number of nitrogens with one attached hydrogen (secondary N) is 2. The lowest BCUT2D eigenvalue weighted by atomic mass is 10.1. The number of halogens is 2. The molecule has 3 nitrogen and oxygen atoms in total. The maximum absolute atomic E-state index is 12.9. The Morgan fingerprint density at radius 3 is 2.37 bits per heavy atom. The minimum atomic E-state index is -0.595. The van der Waals surface area contributed by atoms with Crippen LogP contribution in [0.1, 0.15) is 25.8 Å². The fraction of sp³-hybridized carbons (Fsp3) is 0.500. The smallest absolute Gasteiger partial charge is 0.221 e. The van der Waals surface area contributed by atoms with Crippen LogP contribution in [-0.2, 0) is 11.2 Å². The number of carbonyl (C=O) groups excluding carboxylic acids is 1. The van der Waals surface area contributed by atoms with E-state index in [1.54, 1.807) is 0 Å². The zero-order valence-electron chi connectivity index (χ0n) is 11.3. The molecule has 1 aromatic carbocycles. The summed E-state index contributed by atoms with van der Waals surface area (Å²) >= 11 is 0. The molecular formula is C14H20F2N2O. The maximum atomic E-state index is 12.9. The van der Waals surface area contributed by atoms with E-state index in [0.29, 0.717) is 37.5 Å². The highest BCUT2D eigenvalue weighted by atomic mass is 19.1. The van der Waals surface area contributed by atoms with Crippen LogP contribution in [0.2, 0.25) is 0 Å². The van der Waals surface area contributed by atoms with Crippen molar-refractivity contribution in [3.05, 3.63) is 35.4 Å². The van der Waals surface area contributed by atoms with Gasteiger partial charge in [-0.3, -0.25) is 4.79 Å². The number of benzene rings is 1. The Balaban J connectivity index is 2.24. The Morgan fingerprint density at radius 1 is 1.16 bits per heavy atom. The number of carbonyl (C=O) groups is 1. The van der Waals surface area contributed by atoms with E-state index < -0.39 is 11.6 Å². The lowest BCUT2D eigenvalue weighted by Gasteiger charge is -2.08. The van der Waals surface area contributed by atoms with E-state index in [4.69, 9.17) is 0 Å². The highest BCUT2D eigenvalue weighted by Crippen LogP contribution is 2.08. The molecular weight excluding hydrogens is 250 g/mol. The van der Waals surface area contributed by atoms with Crippen LogP contribution < -0.4 is 10.6 Å². The molecule has 0 heterocycles. The van der Waals surface area contributed by atoms with Gasteiger partial charge in [0.15, 0.2) is 0 Å². The van der Waals surface area contributed by atoms with E-state index in [0.717, 1.165) is 6.07 Å². The topological polar surface area (TPSA) is 41.1 Å². The fourth-order valence-corrected chi connectivity index (χ4v) is 1.66. The first-order valence-electron chi connectivity index (χ1n) is 6.42. The molecule has 1 amide bonds. The van der Waals surface area contributed by atoms with Crippen LogP contribution >= 0.6 is 0 Å². The molecule has 0 aromatic heterocycles. The average molecular weight is 270 g/mol. The molecule has 0 aliphatic rings. The summed E-state index contributed by atoms with van der Waals surface area (Å²) in [5.41, 5.74) is 0.540. The van der Waals surface area contributed by atoms with Crippen molar-refractivity contribution in [2.45, 2.75) is 32.7 Å². The molecule has 0 atom stereocenters. The lowest BCUT2D eigenvalue weighted by Crippen LogP contribution is -2.31. The molecule has 0 unspecified atom stereocenters. The summed E-state index contributed by atoms with van der Waals surface area (Å²) in [5.74, 6) is -1.25. The standard InChI is InChI=1S/C14H20F2N2O/c1-10(2)17-6-4-14(19)18-5-3-11-7-12(15)9-13(16)8-11/h7-10,17H,3-6H2,1-2H3,(H,18,19). The van der Waals surface area contributed by atoms with Crippen molar-refractivity contribution in [1.29, 1.82) is 0 Å². The number of hydrogen-bond donors (Lipinski definition) is 2. The average Bonchev–Trinajstić information content (AvgIpc) is 2.27. The van der Waals surface area contributed by atoms with Crippen LogP contribution in [0, 0.1) is 11.6 Å². The summed E-state index contributed by atoms with van der Waals surface area (Å²) in [6.45, 7) is 5.02. The van der Waals surface area contributed by atoms with Gasteiger partial charge in [-0.25, -0.2) is 8.78 Å². The Labute approximate surface area is 112 Å². The maximum Gasteiger partial charge on any atom is 0.221 e. The van der Waals surface area contributed by atoms with Gasteiger partial charge in [0, 0.05) is 31.6 Å². The second-order valence-electron chi connectivity index (χ2n) is 4.74. The molecule has 0 spiro atoms. The molecule has 1 aromatic rings. The third-order valence-electron chi connectivity index (χ3n) is 2.56. The van der Waals surface area contributed by atoms with E-state index in [9.17, 15) is 13.6 Å². The summed E-state index contributed by atoms with van der Waals surface area (Å²) in [6, 6.07) is 3.73. The summed E-state index contributed by atoms with van der Waals surface area (Å²) in [5, 5.41) is 5.86. The highest BCUT2D eigenvalue weighted by molar-refractivity contribution is 5.76. The first-order chi connectivity index (χ1) is 8.97. The molecule has 19 heavy (non-hydrogen) atoms.